The van der Waals surface area contributed by atoms with Gasteiger partial charge in [-0.05, 0) is 23.8 Å². The summed E-state index contributed by atoms with van der Waals surface area (Å²) in [6.45, 7) is 0.500. The van der Waals surface area contributed by atoms with Gasteiger partial charge < -0.3 is 10.1 Å². The van der Waals surface area contributed by atoms with E-state index in [1.54, 1.807) is 0 Å². The molecule has 2 heteroatoms. The van der Waals surface area contributed by atoms with Gasteiger partial charge >= 0.3 is 0 Å². The van der Waals surface area contributed by atoms with Gasteiger partial charge in [-0.25, -0.2) is 0 Å². The maximum absolute atomic E-state index is 7.28. The molecular formula is C16H15NO. The third-order valence-electron chi connectivity index (χ3n) is 2.52. The van der Waals surface area contributed by atoms with Crippen LogP contribution >= 0.6 is 0 Å². The Balaban J connectivity index is 1.92. The van der Waals surface area contributed by atoms with E-state index in [1.165, 1.54) is 6.21 Å². The first-order valence-corrected chi connectivity index (χ1v) is 5.84. The van der Waals surface area contributed by atoms with Gasteiger partial charge in [0.15, 0.2) is 0 Å². The first-order valence-electron chi connectivity index (χ1n) is 5.84. The van der Waals surface area contributed by atoms with Crippen molar-refractivity contribution in [3.8, 4) is 5.75 Å². The zero-order valence-corrected chi connectivity index (χ0v) is 10.0. The van der Waals surface area contributed by atoms with Gasteiger partial charge in [-0.1, -0.05) is 48.5 Å². The summed E-state index contributed by atoms with van der Waals surface area (Å²) in [5, 5.41) is 7.28. The van der Waals surface area contributed by atoms with Gasteiger partial charge in [0.2, 0.25) is 0 Å². The fraction of sp³-hybridized carbons (Fsp3) is 0.0625. The minimum absolute atomic E-state index is 0.500. The van der Waals surface area contributed by atoms with Gasteiger partial charge in [-0.3, -0.25) is 0 Å². The van der Waals surface area contributed by atoms with Crippen LogP contribution in [0.25, 0.3) is 6.08 Å². The van der Waals surface area contributed by atoms with Gasteiger partial charge in [0.1, 0.15) is 12.4 Å². The van der Waals surface area contributed by atoms with E-state index in [2.05, 4.69) is 0 Å². The van der Waals surface area contributed by atoms with Gasteiger partial charge in [0.05, 0.1) is 0 Å². The third-order valence-corrected chi connectivity index (χ3v) is 2.52. The van der Waals surface area contributed by atoms with Crippen LogP contribution in [0.2, 0.25) is 0 Å². The quantitative estimate of drug-likeness (QED) is 0.789. The average molecular weight is 237 g/mol. The summed E-state index contributed by atoms with van der Waals surface area (Å²) in [5.41, 5.74) is 1.95. The highest BCUT2D eigenvalue weighted by molar-refractivity contribution is 5.81. The maximum Gasteiger partial charge on any atom is 0.128 e. The van der Waals surface area contributed by atoms with Crippen molar-refractivity contribution in [1.29, 1.82) is 5.41 Å². The van der Waals surface area contributed by atoms with Crippen molar-refractivity contribution >= 4 is 12.3 Å². The van der Waals surface area contributed by atoms with E-state index >= 15 is 0 Å². The number of hydrogen-bond donors (Lipinski definition) is 1. The SMILES string of the molecule is N=Cc1ccccc1OCC=Cc1ccccc1. The number of ether oxygens (including phenoxy) is 1. The fourth-order valence-electron chi connectivity index (χ4n) is 1.62. The molecule has 0 aliphatic heterocycles. The Kier molecular flexibility index (Phi) is 4.31. The fourth-order valence-corrected chi connectivity index (χ4v) is 1.62. The van der Waals surface area contributed by atoms with E-state index in [0.717, 1.165) is 16.9 Å². The Labute approximate surface area is 107 Å². The van der Waals surface area contributed by atoms with Crippen LogP contribution in [0.4, 0.5) is 0 Å². The molecule has 0 aliphatic rings. The lowest BCUT2D eigenvalue weighted by Gasteiger charge is -2.05. The normalized spacial score (nSPS) is 10.4. The molecule has 2 rings (SSSR count). The van der Waals surface area contributed by atoms with Crippen LogP contribution in [-0.4, -0.2) is 12.8 Å². The minimum atomic E-state index is 0.500. The van der Waals surface area contributed by atoms with Gasteiger partial charge in [0.25, 0.3) is 0 Å². The molecule has 1 N–H and O–H groups in total. The Bertz CT molecular complexity index is 532. The van der Waals surface area contributed by atoms with Crippen molar-refractivity contribution in [3.63, 3.8) is 0 Å². The number of nitrogens with one attached hydrogen (secondary N) is 1. The van der Waals surface area contributed by atoms with E-state index in [0.29, 0.717) is 6.61 Å². The van der Waals surface area contributed by atoms with Gasteiger partial charge in [-0.15, -0.1) is 0 Å². The lowest BCUT2D eigenvalue weighted by atomic mass is 10.2. The molecule has 0 fully saturated rings. The molecule has 2 aromatic carbocycles. The maximum atomic E-state index is 7.28. The topological polar surface area (TPSA) is 33.1 Å². The summed E-state index contributed by atoms with van der Waals surface area (Å²) in [4.78, 5) is 0. The van der Waals surface area contributed by atoms with E-state index in [9.17, 15) is 0 Å². The molecule has 2 nitrogen and oxygen atoms in total. The summed E-state index contributed by atoms with van der Waals surface area (Å²) in [6.07, 6.45) is 5.29. The molecule has 0 amide bonds. The number of para-hydroxylation sites is 1. The van der Waals surface area contributed by atoms with Crippen LogP contribution < -0.4 is 4.74 Å². The van der Waals surface area contributed by atoms with Gasteiger partial charge in [0, 0.05) is 11.8 Å². The second-order valence-corrected chi connectivity index (χ2v) is 3.81. The van der Waals surface area contributed by atoms with Crippen molar-refractivity contribution < 1.29 is 4.74 Å². The Morgan fingerprint density at radius 2 is 1.67 bits per heavy atom. The second-order valence-electron chi connectivity index (χ2n) is 3.81. The van der Waals surface area contributed by atoms with Crippen molar-refractivity contribution in [2.24, 2.45) is 0 Å². The van der Waals surface area contributed by atoms with Crippen LogP contribution in [0.5, 0.6) is 5.75 Å². The third kappa shape index (κ3) is 3.32. The van der Waals surface area contributed by atoms with Crippen LogP contribution in [-0.2, 0) is 0 Å². The lowest BCUT2D eigenvalue weighted by molar-refractivity contribution is 0.363. The molecule has 0 unspecified atom stereocenters. The Hall–Kier alpha value is -2.35. The lowest BCUT2D eigenvalue weighted by Crippen LogP contribution is -1.96. The number of rotatable bonds is 5. The zero-order valence-electron chi connectivity index (χ0n) is 10.0. The number of hydrogen-bond acceptors (Lipinski definition) is 2. The average Bonchev–Trinajstić information content (AvgIpc) is 2.45. The highest BCUT2D eigenvalue weighted by Gasteiger charge is 1.97. The second kappa shape index (κ2) is 6.40. The molecule has 0 aromatic heterocycles. The summed E-state index contributed by atoms with van der Waals surface area (Å²) in [5.74, 6) is 0.741. The van der Waals surface area contributed by atoms with E-state index in [-0.39, 0.29) is 0 Å². The van der Waals surface area contributed by atoms with Crippen molar-refractivity contribution in [1.82, 2.24) is 0 Å². The standard InChI is InChI=1S/C16H15NO/c17-13-15-10-4-5-11-16(15)18-12-6-9-14-7-2-1-3-8-14/h1-11,13,17H,12H2. The molecule has 0 saturated carbocycles. The molecule has 90 valence electrons. The molecule has 0 spiro atoms. The molecule has 2 aromatic rings. The van der Waals surface area contributed by atoms with Gasteiger partial charge in [-0.2, -0.15) is 0 Å². The summed E-state index contributed by atoms with van der Waals surface area (Å²) < 4.78 is 5.61. The zero-order chi connectivity index (χ0) is 12.6. The Morgan fingerprint density at radius 1 is 0.944 bits per heavy atom. The van der Waals surface area contributed by atoms with Crippen LogP contribution in [0.15, 0.2) is 60.7 Å². The van der Waals surface area contributed by atoms with Crippen molar-refractivity contribution in [2.45, 2.75) is 0 Å². The molecule has 0 aliphatic carbocycles. The van der Waals surface area contributed by atoms with Crippen molar-refractivity contribution in [2.75, 3.05) is 6.61 Å². The van der Waals surface area contributed by atoms with Crippen LogP contribution in [0.3, 0.4) is 0 Å². The van der Waals surface area contributed by atoms with E-state index in [4.69, 9.17) is 10.1 Å². The summed E-state index contributed by atoms with van der Waals surface area (Å²) >= 11 is 0. The first-order chi connectivity index (χ1) is 8.90. The van der Waals surface area contributed by atoms with Crippen LogP contribution in [0, 0.1) is 5.41 Å². The predicted molar refractivity (Wildman–Crippen MR) is 75.3 cm³/mol. The molecule has 0 bridgehead atoms. The smallest absolute Gasteiger partial charge is 0.128 e. The van der Waals surface area contributed by atoms with Crippen molar-refractivity contribution in [3.05, 3.63) is 71.8 Å². The summed E-state index contributed by atoms with van der Waals surface area (Å²) in [7, 11) is 0. The first kappa shape index (κ1) is 12.1. The molecule has 0 heterocycles. The molecule has 0 atom stereocenters. The monoisotopic (exact) mass is 237 g/mol. The molecule has 0 radical (unpaired) electrons. The largest absolute Gasteiger partial charge is 0.489 e. The van der Waals surface area contributed by atoms with E-state index < -0.39 is 0 Å². The number of benzene rings is 2. The summed E-state index contributed by atoms with van der Waals surface area (Å²) in [6, 6.07) is 17.6. The minimum Gasteiger partial charge on any atom is -0.489 e. The molecular weight excluding hydrogens is 222 g/mol. The highest BCUT2D eigenvalue weighted by Crippen LogP contribution is 2.15. The predicted octanol–water partition coefficient (Wildman–Crippen LogP) is 3.78. The Morgan fingerprint density at radius 3 is 2.44 bits per heavy atom. The molecule has 0 saturated heterocycles. The molecule has 18 heavy (non-hydrogen) atoms. The van der Waals surface area contributed by atoms with Crippen LogP contribution in [0.1, 0.15) is 11.1 Å². The highest BCUT2D eigenvalue weighted by atomic mass is 16.5. The van der Waals surface area contributed by atoms with E-state index in [1.807, 2.05) is 66.7 Å².